The molecule has 2 atom stereocenters. The van der Waals surface area contributed by atoms with Crippen LogP contribution < -0.4 is 15.4 Å². The lowest BCUT2D eigenvalue weighted by molar-refractivity contribution is -0.0450. The summed E-state index contributed by atoms with van der Waals surface area (Å²) in [5.74, 6) is 0.993. The molecule has 0 saturated heterocycles. The van der Waals surface area contributed by atoms with Crippen LogP contribution in [-0.2, 0) is 0 Å². The fourth-order valence-electron chi connectivity index (χ4n) is 6.03. The summed E-state index contributed by atoms with van der Waals surface area (Å²) in [4.78, 5) is 37.4. The lowest BCUT2D eigenvalue weighted by atomic mass is 9.50. The van der Waals surface area contributed by atoms with Gasteiger partial charge in [0, 0.05) is 29.7 Å². The molecule has 2 heterocycles. The normalized spacial score (nSPS) is 31.9. The number of carbonyl (C=O) groups excluding carboxylic acids is 2. The Balaban J connectivity index is 1.33. The second kappa shape index (κ2) is 6.79. The van der Waals surface area contributed by atoms with E-state index in [2.05, 4.69) is 25.6 Å². The molecule has 0 spiro atoms. The molecule has 4 aliphatic rings. The summed E-state index contributed by atoms with van der Waals surface area (Å²) in [5.41, 5.74) is -0.244. The van der Waals surface area contributed by atoms with Crippen molar-refractivity contribution in [2.45, 2.75) is 49.6 Å². The molecule has 4 bridgehead atoms. The number of aromatic nitrogens is 3. The van der Waals surface area contributed by atoms with Gasteiger partial charge in [-0.25, -0.2) is 9.78 Å². The summed E-state index contributed by atoms with van der Waals surface area (Å²) in [6.07, 6.45) is 11.1. The molecule has 2 unspecified atom stereocenters. The molecule has 8 nitrogen and oxygen atoms in total. The first-order chi connectivity index (χ1) is 14.0. The summed E-state index contributed by atoms with van der Waals surface area (Å²) < 4.78 is 5.32. The SMILES string of the molecule is O=C(NC12CC3CC(C1)CC(NC(=O)c1ccccn1)(C3)C2)Oc1cnccn1. The Kier molecular flexibility index (Phi) is 4.22. The second-order valence-electron chi connectivity index (χ2n) is 8.75. The van der Waals surface area contributed by atoms with Crippen LogP contribution in [0, 0.1) is 11.8 Å². The Morgan fingerprint density at radius 2 is 1.72 bits per heavy atom. The molecular formula is C21H23N5O3. The quantitative estimate of drug-likeness (QED) is 0.827. The molecule has 29 heavy (non-hydrogen) atoms. The molecule has 2 amide bonds. The molecule has 6 rings (SSSR count). The number of hydrogen-bond donors (Lipinski definition) is 2. The van der Waals surface area contributed by atoms with Crippen LogP contribution in [-0.4, -0.2) is 38.0 Å². The Morgan fingerprint density at radius 3 is 2.38 bits per heavy atom. The highest BCUT2D eigenvalue weighted by molar-refractivity contribution is 5.92. The van der Waals surface area contributed by atoms with Gasteiger partial charge in [0.05, 0.1) is 6.20 Å². The van der Waals surface area contributed by atoms with Crippen molar-refractivity contribution in [2.75, 3.05) is 0 Å². The van der Waals surface area contributed by atoms with Crippen LogP contribution in [0.3, 0.4) is 0 Å². The van der Waals surface area contributed by atoms with Gasteiger partial charge in [-0.2, -0.15) is 0 Å². The standard InChI is InChI=1S/C21H23N5O3/c27-18(16-3-1-2-4-23-16)25-20-8-14-7-15(9-20)11-21(10-14,13-20)26-19(28)29-17-12-22-5-6-24-17/h1-6,12,14-15H,7-11,13H2,(H,25,27)(H,26,28). The lowest BCUT2D eigenvalue weighted by Gasteiger charge is -2.61. The fraction of sp³-hybridized carbons (Fsp3) is 0.476. The van der Waals surface area contributed by atoms with E-state index in [9.17, 15) is 9.59 Å². The van der Waals surface area contributed by atoms with E-state index in [4.69, 9.17) is 4.74 Å². The molecule has 4 aliphatic carbocycles. The molecule has 0 radical (unpaired) electrons. The van der Waals surface area contributed by atoms with Crippen LogP contribution in [0.25, 0.3) is 0 Å². The molecule has 2 aromatic heterocycles. The fourth-order valence-corrected chi connectivity index (χ4v) is 6.03. The van der Waals surface area contributed by atoms with Crippen molar-refractivity contribution < 1.29 is 14.3 Å². The minimum atomic E-state index is -0.515. The number of nitrogens with zero attached hydrogens (tertiary/aromatic N) is 3. The number of pyridine rings is 1. The van der Waals surface area contributed by atoms with E-state index in [0.29, 0.717) is 24.0 Å². The van der Waals surface area contributed by atoms with Crippen LogP contribution in [0.5, 0.6) is 5.88 Å². The Bertz CT molecular complexity index is 906. The number of hydrogen-bond acceptors (Lipinski definition) is 6. The third-order valence-electron chi connectivity index (χ3n) is 6.44. The van der Waals surface area contributed by atoms with E-state index in [1.165, 1.54) is 18.6 Å². The van der Waals surface area contributed by atoms with Crippen LogP contribution in [0.1, 0.15) is 49.0 Å². The van der Waals surface area contributed by atoms with Crippen LogP contribution >= 0.6 is 0 Å². The number of rotatable bonds is 4. The zero-order chi connectivity index (χ0) is 19.9. The van der Waals surface area contributed by atoms with Crippen molar-refractivity contribution >= 4 is 12.0 Å². The summed E-state index contributed by atoms with van der Waals surface area (Å²) in [5, 5.41) is 6.39. The molecule has 150 valence electrons. The van der Waals surface area contributed by atoms with Gasteiger partial charge < -0.3 is 15.4 Å². The minimum Gasteiger partial charge on any atom is -0.390 e. The lowest BCUT2D eigenvalue weighted by Crippen LogP contribution is -2.70. The van der Waals surface area contributed by atoms with E-state index >= 15 is 0 Å². The highest BCUT2D eigenvalue weighted by atomic mass is 16.6. The van der Waals surface area contributed by atoms with Crippen molar-refractivity contribution in [1.82, 2.24) is 25.6 Å². The molecule has 2 aromatic rings. The van der Waals surface area contributed by atoms with Crippen LogP contribution in [0.4, 0.5) is 4.79 Å². The highest BCUT2D eigenvalue weighted by Crippen LogP contribution is 2.57. The third-order valence-corrected chi connectivity index (χ3v) is 6.44. The Morgan fingerprint density at radius 1 is 0.966 bits per heavy atom. The monoisotopic (exact) mass is 393 g/mol. The van der Waals surface area contributed by atoms with E-state index < -0.39 is 6.09 Å². The maximum atomic E-state index is 12.8. The summed E-state index contributed by atoms with van der Waals surface area (Å²) in [7, 11) is 0. The molecule has 0 aliphatic heterocycles. The molecule has 4 saturated carbocycles. The molecule has 2 N–H and O–H groups in total. The smallest absolute Gasteiger partial charge is 0.390 e. The molecular weight excluding hydrogens is 370 g/mol. The zero-order valence-electron chi connectivity index (χ0n) is 16.0. The summed E-state index contributed by atoms with van der Waals surface area (Å²) in [6, 6.07) is 5.33. The number of carbonyl (C=O) groups is 2. The number of ether oxygens (including phenoxy) is 1. The predicted octanol–water partition coefficient (Wildman–Crippen LogP) is 2.48. The Hall–Kier alpha value is -3.03. The predicted molar refractivity (Wildman–Crippen MR) is 103 cm³/mol. The topological polar surface area (TPSA) is 106 Å². The van der Waals surface area contributed by atoms with Crippen LogP contribution in [0.2, 0.25) is 0 Å². The number of nitrogens with one attached hydrogen (secondary N) is 2. The van der Waals surface area contributed by atoms with Gasteiger partial charge in [0.1, 0.15) is 5.69 Å². The van der Waals surface area contributed by atoms with Gasteiger partial charge in [-0.05, 0) is 62.5 Å². The van der Waals surface area contributed by atoms with Crippen molar-refractivity contribution in [2.24, 2.45) is 11.8 Å². The van der Waals surface area contributed by atoms with Gasteiger partial charge in [0.2, 0.25) is 5.88 Å². The van der Waals surface area contributed by atoms with Gasteiger partial charge in [0.15, 0.2) is 0 Å². The zero-order valence-corrected chi connectivity index (χ0v) is 16.0. The van der Waals surface area contributed by atoms with E-state index in [1.54, 1.807) is 18.3 Å². The Labute approximate surface area is 168 Å². The van der Waals surface area contributed by atoms with Crippen molar-refractivity contribution in [3.63, 3.8) is 0 Å². The van der Waals surface area contributed by atoms with Gasteiger partial charge in [-0.15, -0.1) is 0 Å². The maximum Gasteiger partial charge on any atom is 0.414 e. The van der Waals surface area contributed by atoms with Crippen molar-refractivity contribution in [3.8, 4) is 5.88 Å². The first kappa shape index (κ1) is 18.0. The van der Waals surface area contributed by atoms with E-state index in [1.807, 2.05) is 6.07 Å². The highest BCUT2D eigenvalue weighted by Gasteiger charge is 2.59. The van der Waals surface area contributed by atoms with Crippen LogP contribution in [0.15, 0.2) is 43.0 Å². The first-order valence-electron chi connectivity index (χ1n) is 10.0. The van der Waals surface area contributed by atoms with E-state index in [0.717, 1.165) is 32.1 Å². The third kappa shape index (κ3) is 3.54. The van der Waals surface area contributed by atoms with Crippen molar-refractivity contribution in [1.29, 1.82) is 0 Å². The largest absolute Gasteiger partial charge is 0.414 e. The average molecular weight is 393 g/mol. The molecule has 0 aromatic carbocycles. The van der Waals surface area contributed by atoms with Gasteiger partial charge >= 0.3 is 6.09 Å². The van der Waals surface area contributed by atoms with Gasteiger partial charge in [-0.3, -0.25) is 14.8 Å². The van der Waals surface area contributed by atoms with Gasteiger partial charge in [-0.1, -0.05) is 6.07 Å². The average Bonchev–Trinajstić information content (AvgIpc) is 2.67. The maximum absolute atomic E-state index is 12.8. The first-order valence-corrected chi connectivity index (χ1v) is 10.0. The van der Waals surface area contributed by atoms with E-state index in [-0.39, 0.29) is 22.9 Å². The minimum absolute atomic E-state index is 0.148. The molecule has 8 heteroatoms. The second-order valence-corrected chi connectivity index (χ2v) is 8.75. The summed E-state index contributed by atoms with van der Waals surface area (Å²) in [6.45, 7) is 0. The van der Waals surface area contributed by atoms with Crippen molar-refractivity contribution in [3.05, 3.63) is 48.7 Å². The number of amides is 2. The van der Waals surface area contributed by atoms with Gasteiger partial charge in [0.25, 0.3) is 5.91 Å². The molecule has 4 fully saturated rings. The summed E-state index contributed by atoms with van der Waals surface area (Å²) >= 11 is 0.